The smallest absolute Gasteiger partial charge is 0.375 e. The zero-order chi connectivity index (χ0) is 19.8. The van der Waals surface area contributed by atoms with Crippen molar-refractivity contribution in [1.82, 2.24) is 0 Å². The Morgan fingerprint density at radius 1 is 0.926 bits per heavy atom. The third kappa shape index (κ3) is 5.17. The van der Waals surface area contributed by atoms with Crippen LogP contribution in [0.1, 0.15) is 34.8 Å². The quantitative estimate of drug-likeness (QED) is 0.292. The van der Waals surface area contributed by atoms with E-state index in [0.29, 0.717) is 12.2 Å². The minimum Gasteiger partial charge on any atom is -0.493 e. The van der Waals surface area contributed by atoms with Gasteiger partial charge in [-0.3, -0.25) is 9.59 Å². The molecule has 0 bridgehead atoms. The topological polar surface area (TPSA) is 78.9 Å². The second kappa shape index (κ2) is 9.52. The first-order valence-corrected chi connectivity index (χ1v) is 8.52. The van der Waals surface area contributed by atoms with Crippen LogP contribution in [0.15, 0.2) is 42.5 Å². The molecule has 0 spiro atoms. The fourth-order valence-electron chi connectivity index (χ4n) is 2.69. The summed E-state index contributed by atoms with van der Waals surface area (Å²) in [6.07, 6.45) is -0.0135. The molecule has 0 aliphatic heterocycles. The van der Waals surface area contributed by atoms with Crippen LogP contribution in [0.3, 0.4) is 0 Å². The van der Waals surface area contributed by atoms with Crippen molar-refractivity contribution >= 4 is 17.5 Å². The standard InChI is InChI=1S/C21H22O6/c1-4-27-21(24)18(23)13-17(22)16-11-15(10-14-8-6-5-7-9-14)12-19(25-2)20(16)26-3/h5-9,11-12H,4,10,13H2,1-3H3. The molecule has 2 rings (SSSR count). The fourth-order valence-corrected chi connectivity index (χ4v) is 2.69. The Morgan fingerprint density at radius 3 is 2.22 bits per heavy atom. The first-order valence-electron chi connectivity index (χ1n) is 8.52. The van der Waals surface area contributed by atoms with Gasteiger partial charge < -0.3 is 14.2 Å². The van der Waals surface area contributed by atoms with E-state index in [1.807, 2.05) is 30.3 Å². The lowest BCUT2D eigenvalue weighted by molar-refractivity contribution is -0.153. The largest absolute Gasteiger partial charge is 0.493 e. The number of hydrogen-bond donors (Lipinski definition) is 0. The highest BCUT2D eigenvalue weighted by Gasteiger charge is 2.24. The molecule has 6 heteroatoms. The molecule has 0 aliphatic rings. The SMILES string of the molecule is CCOC(=O)C(=O)CC(=O)c1cc(Cc2ccccc2)cc(OC)c1OC. The van der Waals surface area contributed by atoms with Crippen molar-refractivity contribution in [3.63, 3.8) is 0 Å². The molecule has 0 radical (unpaired) electrons. The van der Waals surface area contributed by atoms with Crippen molar-refractivity contribution in [2.75, 3.05) is 20.8 Å². The summed E-state index contributed by atoms with van der Waals surface area (Å²) in [5, 5.41) is 0. The van der Waals surface area contributed by atoms with Crippen LogP contribution in [0, 0.1) is 0 Å². The predicted molar refractivity (Wildman–Crippen MR) is 99.4 cm³/mol. The summed E-state index contributed by atoms with van der Waals surface area (Å²) in [5.41, 5.74) is 2.08. The summed E-state index contributed by atoms with van der Waals surface area (Å²) in [6.45, 7) is 1.66. The molecule has 0 saturated carbocycles. The Morgan fingerprint density at radius 2 is 1.63 bits per heavy atom. The lowest BCUT2D eigenvalue weighted by Gasteiger charge is -2.14. The number of ketones is 2. The van der Waals surface area contributed by atoms with Crippen molar-refractivity contribution in [3.8, 4) is 11.5 Å². The molecule has 2 aromatic carbocycles. The van der Waals surface area contributed by atoms with Crippen LogP contribution in [-0.4, -0.2) is 38.4 Å². The average Bonchev–Trinajstić information content (AvgIpc) is 2.68. The highest BCUT2D eigenvalue weighted by molar-refractivity contribution is 6.38. The van der Waals surface area contributed by atoms with Gasteiger partial charge in [-0.25, -0.2) is 4.79 Å². The summed E-state index contributed by atoms with van der Waals surface area (Å²) in [6, 6.07) is 13.2. The summed E-state index contributed by atoms with van der Waals surface area (Å²) < 4.78 is 15.3. The van der Waals surface area contributed by atoms with Gasteiger partial charge in [0.1, 0.15) is 0 Å². The summed E-state index contributed by atoms with van der Waals surface area (Å²) in [4.78, 5) is 36.0. The third-order valence-electron chi connectivity index (χ3n) is 3.91. The van der Waals surface area contributed by atoms with E-state index < -0.39 is 24.0 Å². The van der Waals surface area contributed by atoms with E-state index in [2.05, 4.69) is 4.74 Å². The van der Waals surface area contributed by atoms with E-state index in [1.54, 1.807) is 19.1 Å². The van der Waals surface area contributed by atoms with Crippen molar-refractivity contribution in [2.45, 2.75) is 19.8 Å². The van der Waals surface area contributed by atoms with E-state index in [-0.39, 0.29) is 17.9 Å². The van der Waals surface area contributed by atoms with E-state index in [9.17, 15) is 14.4 Å². The zero-order valence-electron chi connectivity index (χ0n) is 15.6. The van der Waals surface area contributed by atoms with E-state index >= 15 is 0 Å². The number of methoxy groups -OCH3 is 2. The van der Waals surface area contributed by atoms with Crippen molar-refractivity contribution in [1.29, 1.82) is 0 Å². The average molecular weight is 370 g/mol. The molecule has 6 nitrogen and oxygen atoms in total. The molecular weight excluding hydrogens is 348 g/mol. The molecule has 2 aromatic rings. The van der Waals surface area contributed by atoms with Crippen LogP contribution in [0.25, 0.3) is 0 Å². The van der Waals surface area contributed by atoms with Gasteiger partial charge in [-0.2, -0.15) is 0 Å². The highest BCUT2D eigenvalue weighted by atomic mass is 16.5. The summed E-state index contributed by atoms with van der Waals surface area (Å²) in [7, 11) is 2.89. The number of esters is 1. The Balaban J connectivity index is 2.35. The Labute approximate surface area is 158 Å². The third-order valence-corrected chi connectivity index (χ3v) is 3.91. The zero-order valence-corrected chi connectivity index (χ0v) is 15.6. The van der Waals surface area contributed by atoms with Gasteiger partial charge in [-0.1, -0.05) is 30.3 Å². The van der Waals surface area contributed by atoms with Crippen LogP contribution < -0.4 is 9.47 Å². The molecule has 0 fully saturated rings. The molecule has 0 unspecified atom stereocenters. The molecule has 0 amide bonds. The van der Waals surface area contributed by atoms with Crippen LogP contribution in [0.4, 0.5) is 0 Å². The Kier molecular flexibility index (Phi) is 7.11. The number of ether oxygens (including phenoxy) is 3. The second-order valence-corrected chi connectivity index (χ2v) is 5.78. The maximum absolute atomic E-state index is 12.7. The highest BCUT2D eigenvalue weighted by Crippen LogP contribution is 2.34. The molecule has 0 N–H and O–H groups in total. The number of carbonyl (C=O) groups excluding carboxylic acids is 3. The fraction of sp³-hybridized carbons (Fsp3) is 0.286. The minimum absolute atomic E-state index is 0.0719. The summed E-state index contributed by atoms with van der Waals surface area (Å²) >= 11 is 0. The molecule has 0 aromatic heterocycles. The van der Waals surface area contributed by atoms with Gasteiger partial charge in [0, 0.05) is 0 Å². The van der Waals surface area contributed by atoms with Gasteiger partial charge in [0.2, 0.25) is 5.78 Å². The Bertz CT molecular complexity index is 826. The minimum atomic E-state index is -1.02. The van der Waals surface area contributed by atoms with Crippen LogP contribution in [0.5, 0.6) is 11.5 Å². The van der Waals surface area contributed by atoms with Crippen molar-refractivity contribution in [3.05, 3.63) is 59.2 Å². The number of benzene rings is 2. The molecule has 0 atom stereocenters. The van der Waals surface area contributed by atoms with E-state index in [0.717, 1.165) is 11.1 Å². The monoisotopic (exact) mass is 370 g/mol. The molecule has 27 heavy (non-hydrogen) atoms. The van der Waals surface area contributed by atoms with Crippen molar-refractivity contribution < 1.29 is 28.6 Å². The first kappa shape index (κ1) is 20.2. The van der Waals surface area contributed by atoms with Gasteiger partial charge in [0.25, 0.3) is 0 Å². The van der Waals surface area contributed by atoms with Crippen LogP contribution in [-0.2, 0) is 20.7 Å². The number of carbonyl (C=O) groups is 3. The lowest BCUT2D eigenvalue weighted by Crippen LogP contribution is -2.21. The normalized spacial score (nSPS) is 10.2. The predicted octanol–water partition coefficient (Wildman–Crippen LogP) is 3.00. The number of rotatable bonds is 9. The van der Waals surface area contributed by atoms with E-state index in [1.165, 1.54) is 14.2 Å². The molecule has 0 aliphatic carbocycles. The van der Waals surface area contributed by atoms with Gasteiger partial charge >= 0.3 is 5.97 Å². The molecular formula is C21H22O6. The van der Waals surface area contributed by atoms with Gasteiger partial charge in [-0.15, -0.1) is 0 Å². The summed E-state index contributed by atoms with van der Waals surface area (Å²) in [5.74, 6) is -1.82. The van der Waals surface area contributed by atoms with Crippen molar-refractivity contribution in [2.24, 2.45) is 0 Å². The van der Waals surface area contributed by atoms with Crippen LogP contribution >= 0.6 is 0 Å². The maximum Gasteiger partial charge on any atom is 0.375 e. The van der Waals surface area contributed by atoms with Crippen LogP contribution in [0.2, 0.25) is 0 Å². The lowest BCUT2D eigenvalue weighted by atomic mass is 9.97. The Hall–Kier alpha value is -3.15. The number of hydrogen-bond acceptors (Lipinski definition) is 6. The maximum atomic E-state index is 12.7. The van der Waals surface area contributed by atoms with E-state index in [4.69, 9.17) is 9.47 Å². The first-order chi connectivity index (χ1) is 13.0. The molecule has 142 valence electrons. The molecule has 0 saturated heterocycles. The number of Topliss-reactive ketones (excluding diaryl/α,β-unsaturated/α-hetero) is 2. The molecule has 0 heterocycles. The van der Waals surface area contributed by atoms with Gasteiger partial charge in [0.05, 0.1) is 32.8 Å². The second-order valence-electron chi connectivity index (χ2n) is 5.78. The van der Waals surface area contributed by atoms with Gasteiger partial charge in [0.15, 0.2) is 17.3 Å². The van der Waals surface area contributed by atoms with Gasteiger partial charge in [-0.05, 0) is 36.6 Å².